The highest BCUT2D eigenvalue weighted by atomic mass is 16.5. The second-order valence-electron chi connectivity index (χ2n) is 8.48. The monoisotopic (exact) mass is 296 g/mol. The molecule has 0 aliphatic heterocycles. The van der Waals surface area contributed by atoms with Crippen molar-refractivity contribution in [3.8, 4) is 0 Å². The van der Waals surface area contributed by atoms with Crippen LogP contribution in [0.3, 0.4) is 0 Å². The molecule has 3 nitrogen and oxygen atoms in total. The second-order valence-corrected chi connectivity index (χ2v) is 8.48. The van der Waals surface area contributed by atoms with E-state index in [-0.39, 0.29) is 17.3 Å². The van der Waals surface area contributed by atoms with Gasteiger partial charge in [-0.05, 0) is 61.7 Å². The van der Waals surface area contributed by atoms with Crippen LogP contribution in [0.5, 0.6) is 0 Å². The van der Waals surface area contributed by atoms with Gasteiger partial charge in [-0.15, -0.1) is 0 Å². The fourth-order valence-electron chi connectivity index (χ4n) is 5.59. The average Bonchev–Trinajstić information content (AvgIpc) is 2.31. The van der Waals surface area contributed by atoms with Crippen LogP contribution in [-0.4, -0.2) is 23.3 Å². The quantitative estimate of drug-likeness (QED) is 0.803. The van der Waals surface area contributed by atoms with Crippen LogP contribution in [0.2, 0.25) is 0 Å². The third-order valence-corrected chi connectivity index (χ3v) is 6.47. The zero-order valence-corrected chi connectivity index (χ0v) is 14.4. The van der Waals surface area contributed by atoms with E-state index in [1.807, 2.05) is 6.92 Å². The molecule has 122 valence electrons. The Hall–Kier alpha value is -0.570. The first-order valence-electron chi connectivity index (χ1n) is 8.45. The largest absolute Gasteiger partial charge is 0.466 e. The minimum absolute atomic E-state index is 0.156. The Bertz CT molecular complexity index is 399. The molecule has 0 radical (unpaired) electrons. The maximum atomic E-state index is 11.0. The lowest BCUT2D eigenvalue weighted by Gasteiger charge is -2.61. The molecule has 2 saturated carbocycles. The summed E-state index contributed by atoms with van der Waals surface area (Å²) in [6.45, 7) is 11.0. The summed E-state index contributed by atoms with van der Waals surface area (Å²) in [5.74, 6) is 0.639. The summed E-state index contributed by atoms with van der Waals surface area (Å²) in [6, 6.07) is 0. The maximum Gasteiger partial charge on any atom is 0.302 e. The molecule has 0 aromatic rings. The van der Waals surface area contributed by atoms with E-state index in [1.54, 1.807) is 0 Å². The van der Waals surface area contributed by atoms with E-state index in [0.717, 1.165) is 19.3 Å². The van der Waals surface area contributed by atoms with Crippen molar-refractivity contribution in [1.82, 2.24) is 0 Å². The summed E-state index contributed by atoms with van der Waals surface area (Å²) < 4.78 is 5.16. The standard InChI is InChI=1S/C18H32O3/c1-13(19)21-12-8-15-17(4)10-6-9-16(2,3)14(17)7-11-18(15,5)20/h14-15,20H,6-12H2,1-5H3/t14-,15-,17+,18+/m0/s1. The van der Waals surface area contributed by atoms with E-state index in [4.69, 9.17) is 4.74 Å². The first-order valence-corrected chi connectivity index (χ1v) is 8.45. The Kier molecular flexibility index (Phi) is 4.45. The van der Waals surface area contributed by atoms with E-state index in [1.165, 1.54) is 26.2 Å². The molecule has 0 saturated heterocycles. The van der Waals surface area contributed by atoms with Crippen molar-refractivity contribution >= 4 is 5.97 Å². The Labute approximate surface area is 129 Å². The van der Waals surface area contributed by atoms with Crippen molar-refractivity contribution in [2.45, 2.75) is 78.7 Å². The number of aliphatic hydroxyl groups is 1. The first kappa shape index (κ1) is 16.8. The number of hydrogen-bond acceptors (Lipinski definition) is 3. The number of carbonyl (C=O) groups is 1. The van der Waals surface area contributed by atoms with Crippen LogP contribution in [0.4, 0.5) is 0 Å². The number of carbonyl (C=O) groups excluding carboxylic acids is 1. The van der Waals surface area contributed by atoms with Gasteiger partial charge in [-0.3, -0.25) is 4.79 Å². The zero-order valence-electron chi connectivity index (χ0n) is 14.4. The van der Waals surface area contributed by atoms with Gasteiger partial charge in [-0.25, -0.2) is 0 Å². The molecule has 2 rings (SSSR count). The Morgan fingerprint density at radius 3 is 2.48 bits per heavy atom. The third kappa shape index (κ3) is 3.13. The molecule has 0 aromatic heterocycles. The van der Waals surface area contributed by atoms with Crippen LogP contribution in [0.1, 0.15) is 73.1 Å². The van der Waals surface area contributed by atoms with Crippen molar-refractivity contribution in [2.24, 2.45) is 22.7 Å². The number of hydrogen-bond donors (Lipinski definition) is 1. The Morgan fingerprint density at radius 2 is 1.86 bits per heavy atom. The zero-order chi connectivity index (χ0) is 15.9. The van der Waals surface area contributed by atoms with Crippen LogP contribution in [0, 0.1) is 22.7 Å². The Morgan fingerprint density at radius 1 is 1.19 bits per heavy atom. The molecule has 0 aromatic carbocycles. The fraction of sp³-hybridized carbons (Fsp3) is 0.944. The van der Waals surface area contributed by atoms with Gasteiger partial charge in [-0.1, -0.05) is 27.2 Å². The highest BCUT2D eigenvalue weighted by Crippen LogP contribution is 2.62. The smallest absolute Gasteiger partial charge is 0.302 e. The average molecular weight is 296 g/mol. The van der Waals surface area contributed by atoms with Crippen molar-refractivity contribution in [3.05, 3.63) is 0 Å². The molecule has 21 heavy (non-hydrogen) atoms. The van der Waals surface area contributed by atoms with Gasteiger partial charge in [0.25, 0.3) is 0 Å². The number of esters is 1. The number of ether oxygens (including phenoxy) is 1. The summed E-state index contributed by atoms with van der Waals surface area (Å²) in [7, 11) is 0. The van der Waals surface area contributed by atoms with Crippen LogP contribution < -0.4 is 0 Å². The molecule has 0 bridgehead atoms. The molecule has 0 spiro atoms. The predicted octanol–water partition coefficient (Wildman–Crippen LogP) is 3.93. The van der Waals surface area contributed by atoms with Crippen molar-refractivity contribution < 1.29 is 14.6 Å². The molecular weight excluding hydrogens is 264 g/mol. The van der Waals surface area contributed by atoms with E-state index >= 15 is 0 Å². The molecule has 0 unspecified atom stereocenters. The van der Waals surface area contributed by atoms with Gasteiger partial charge in [0.2, 0.25) is 0 Å². The molecule has 4 atom stereocenters. The molecule has 0 amide bonds. The summed E-state index contributed by atoms with van der Waals surface area (Å²) in [5.41, 5.74) is -0.133. The summed E-state index contributed by atoms with van der Waals surface area (Å²) in [6.07, 6.45) is 6.45. The predicted molar refractivity (Wildman–Crippen MR) is 83.8 cm³/mol. The highest BCUT2D eigenvalue weighted by Gasteiger charge is 2.57. The van der Waals surface area contributed by atoms with E-state index in [2.05, 4.69) is 20.8 Å². The van der Waals surface area contributed by atoms with Gasteiger partial charge >= 0.3 is 5.97 Å². The minimum Gasteiger partial charge on any atom is -0.466 e. The normalized spacial score (nSPS) is 42.2. The lowest BCUT2D eigenvalue weighted by atomic mass is 9.45. The van der Waals surface area contributed by atoms with Gasteiger partial charge in [0.05, 0.1) is 12.2 Å². The molecule has 2 aliphatic carbocycles. The van der Waals surface area contributed by atoms with Gasteiger partial charge in [0.15, 0.2) is 0 Å². The van der Waals surface area contributed by atoms with Crippen LogP contribution >= 0.6 is 0 Å². The van der Waals surface area contributed by atoms with Crippen molar-refractivity contribution in [1.29, 1.82) is 0 Å². The second kappa shape index (κ2) is 5.57. The van der Waals surface area contributed by atoms with Crippen LogP contribution in [0.15, 0.2) is 0 Å². The van der Waals surface area contributed by atoms with Gasteiger partial charge in [-0.2, -0.15) is 0 Å². The molecule has 3 heteroatoms. The summed E-state index contributed by atoms with van der Waals surface area (Å²) in [5, 5.41) is 10.9. The summed E-state index contributed by atoms with van der Waals surface area (Å²) in [4.78, 5) is 11.0. The number of fused-ring (bicyclic) bond motifs is 1. The minimum atomic E-state index is -0.640. The highest BCUT2D eigenvalue weighted by molar-refractivity contribution is 5.65. The fourth-order valence-corrected chi connectivity index (χ4v) is 5.59. The summed E-state index contributed by atoms with van der Waals surface area (Å²) >= 11 is 0. The molecule has 2 fully saturated rings. The molecular formula is C18H32O3. The first-order chi connectivity index (χ1) is 9.59. The number of rotatable bonds is 3. The van der Waals surface area contributed by atoms with Crippen molar-refractivity contribution in [3.63, 3.8) is 0 Å². The lowest BCUT2D eigenvalue weighted by Crippen LogP contribution is -2.57. The van der Waals surface area contributed by atoms with Gasteiger partial charge < -0.3 is 9.84 Å². The van der Waals surface area contributed by atoms with E-state index in [0.29, 0.717) is 17.9 Å². The lowest BCUT2D eigenvalue weighted by molar-refractivity contribution is -0.175. The molecule has 2 aliphatic rings. The van der Waals surface area contributed by atoms with Crippen LogP contribution in [0.25, 0.3) is 0 Å². The molecule has 0 heterocycles. The Balaban J connectivity index is 2.22. The van der Waals surface area contributed by atoms with Crippen molar-refractivity contribution in [2.75, 3.05) is 6.61 Å². The van der Waals surface area contributed by atoms with E-state index < -0.39 is 5.60 Å². The van der Waals surface area contributed by atoms with E-state index in [9.17, 15) is 9.90 Å². The van der Waals surface area contributed by atoms with Gasteiger partial charge in [0.1, 0.15) is 0 Å². The van der Waals surface area contributed by atoms with Gasteiger partial charge in [0, 0.05) is 6.92 Å². The van der Waals surface area contributed by atoms with Crippen LogP contribution in [-0.2, 0) is 9.53 Å². The SMILES string of the molecule is CC(=O)OCC[C@H]1[C@]2(C)CCCC(C)(C)[C@@H]2CC[C@@]1(C)O. The maximum absolute atomic E-state index is 11.0. The topological polar surface area (TPSA) is 46.5 Å². The molecule has 1 N–H and O–H groups in total. The third-order valence-electron chi connectivity index (χ3n) is 6.47.